The lowest BCUT2D eigenvalue weighted by molar-refractivity contribution is 0.577. The average molecular weight is 286 g/mol. The summed E-state index contributed by atoms with van der Waals surface area (Å²) in [6.45, 7) is 0.118. The lowest BCUT2D eigenvalue weighted by atomic mass is 10.1. The molecule has 0 aliphatic heterocycles. The number of aromatic amines is 1. The molecule has 5 nitrogen and oxygen atoms in total. The monoisotopic (exact) mass is 285 g/mol. The number of nitrogens with one attached hydrogen (secondary N) is 2. The van der Waals surface area contributed by atoms with Crippen molar-refractivity contribution in [2.75, 3.05) is 6.54 Å². The minimum absolute atomic E-state index is 0.0272. The summed E-state index contributed by atoms with van der Waals surface area (Å²) in [4.78, 5) is 6.20. The SMILES string of the molecule is O=S(=O)(NCC(Cl)c1ccccc1)c1cnc[nH]1. The van der Waals surface area contributed by atoms with Gasteiger partial charge < -0.3 is 4.98 Å². The Labute approximate surface area is 110 Å². The molecule has 1 aromatic heterocycles. The lowest BCUT2D eigenvalue weighted by Gasteiger charge is -2.10. The van der Waals surface area contributed by atoms with Crippen LogP contribution in [0.15, 0.2) is 47.9 Å². The largest absolute Gasteiger partial charge is 0.335 e. The Morgan fingerprint density at radius 2 is 2.06 bits per heavy atom. The summed E-state index contributed by atoms with van der Waals surface area (Å²) >= 11 is 6.12. The third kappa shape index (κ3) is 3.10. The maximum atomic E-state index is 11.8. The summed E-state index contributed by atoms with van der Waals surface area (Å²) in [6, 6.07) is 9.29. The van der Waals surface area contributed by atoms with Gasteiger partial charge in [0.25, 0.3) is 10.0 Å². The van der Waals surface area contributed by atoms with E-state index in [0.29, 0.717) is 0 Å². The van der Waals surface area contributed by atoms with Crippen LogP contribution in [-0.2, 0) is 10.0 Å². The van der Waals surface area contributed by atoms with Crippen LogP contribution in [0.4, 0.5) is 0 Å². The number of hydrogen-bond donors (Lipinski definition) is 2. The van der Waals surface area contributed by atoms with Crippen LogP contribution >= 0.6 is 11.6 Å². The van der Waals surface area contributed by atoms with Crippen molar-refractivity contribution < 1.29 is 8.42 Å². The molecule has 0 saturated carbocycles. The highest BCUT2D eigenvalue weighted by atomic mass is 35.5. The first kappa shape index (κ1) is 13.1. The molecule has 1 unspecified atom stereocenters. The molecule has 0 aliphatic rings. The minimum Gasteiger partial charge on any atom is -0.335 e. The zero-order chi connectivity index (χ0) is 13.0. The Morgan fingerprint density at radius 1 is 1.33 bits per heavy atom. The van der Waals surface area contributed by atoms with Crippen molar-refractivity contribution in [1.29, 1.82) is 0 Å². The number of aromatic nitrogens is 2. The Kier molecular flexibility index (Phi) is 4.00. The Hall–Kier alpha value is -1.37. The van der Waals surface area contributed by atoms with E-state index in [-0.39, 0.29) is 11.6 Å². The fourth-order valence-corrected chi connectivity index (χ4v) is 2.69. The fourth-order valence-electron chi connectivity index (χ4n) is 1.43. The van der Waals surface area contributed by atoms with Crippen molar-refractivity contribution in [2.24, 2.45) is 0 Å². The van der Waals surface area contributed by atoms with Crippen molar-refractivity contribution in [3.05, 3.63) is 48.4 Å². The van der Waals surface area contributed by atoms with Gasteiger partial charge in [-0.15, -0.1) is 11.6 Å². The standard InChI is InChI=1S/C11H12ClN3O2S/c12-10(9-4-2-1-3-5-9)6-15-18(16,17)11-7-13-8-14-11/h1-5,7-8,10,15H,6H2,(H,13,14). The molecular weight excluding hydrogens is 274 g/mol. The molecule has 18 heavy (non-hydrogen) atoms. The van der Waals surface area contributed by atoms with Crippen molar-refractivity contribution >= 4 is 21.6 Å². The third-order valence-electron chi connectivity index (χ3n) is 2.38. The average Bonchev–Trinajstić information content (AvgIpc) is 2.92. The molecule has 0 fully saturated rings. The molecule has 2 N–H and O–H groups in total. The Bertz CT molecular complexity index is 584. The van der Waals surface area contributed by atoms with E-state index in [9.17, 15) is 8.42 Å². The topological polar surface area (TPSA) is 74.8 Å². The second-order valence-electron chi connectivity index (χ2n) is 3.65. The maximum absolute atomic E-state index is 11.8. The zero-order valence-corrected chi connectivity index (χ0v) is 10.9. The van der Waals surface area contributed by atoms with Gasteiger partial charge in [0.05, 0.1) is 17.9 Å². The van der Waals surface area contributed by atoms with Gasteiger partial charge in [-0.05, 0) is 5.56 Å². The molecule has 1 heterocycles. The van der Waals surface area contributed by atoms with E-state index in [1.165, 1.54) is 12.5 Å². The van der Waals surface area contributed by atoms with Gasteiger partial charge in [-0.1, -0.05) is 30.3 Å². The van der Waals surface area contributed by atoms with Crippen LogP contribution in [0.3, 0.4) is 0 Å². The summed E-state index contributed by atoms with van der Waals surface area (Å²) in [5.41, 5.74) is 0.867. The summed E-state index contributed by atoms with van der Waals surface area (Å²) < 4.78 is 26.0. The van der Waals surface area contributed by atoms with Gasteiger partial charge >= 0.3 is 0 Å². The van der Waals surface area contributed by atoms with Crippen LogP contribution in [0.5, 0.6) is 0 Å². The number of H-pyrrole nitrogens is 1. The van der Waals surface area contributed by atoms with Gasteiger partial charge in [0.2, 0.25) is 0 Å². The molecule has 1 atom stereocenters. The second kappa shape index (κ2) is 5.51. The summed E-state index contributed by atoms with van der Waals surface area (Å²) in [7, 11) is -3.57. The molecule has 0 spiro atoms. The molecule has 96 valence electrons. The van der Waals surface area contributed by atoms with Gasteiger partial charge in [0.15, 0.2) is 5.03 Å². The molecule has 0 saturated heterocycles. The highest BCUT2D eigenvalue weighted by Crippen LogP contribution is 2.19. The van der Waals surface area contributed by atoms with Crippen LogP contribution in [0.25, 0.3) is 0 Å². The van der Waals surface area contributed by atoms with Gasteiger partial charge in [-0.25, -0.2) is 18.1 Å². The number of alkyl halides is 1. The molecule has 2 aromatic rings. The maximum Gasteiger partial charge on any atom is 0.257 e. The molecule has 2 rings (SSSR count). The summed E-state index contributed by atoms with van der Waals surface area (Å²) in [5, 5.41) is -0.386. The van der Waals surface area contributed by atoms with Crippen LogP contribution in [-0.4, -0.2) is 24.9 Å². The Morgan fingerprint density at radius 3 is 2.67 bits per heavy atom. The zero-order valence-electron chi connectivity index (χ0n) is 9.38. The van der Waals surface area contributed by atoms with Gasteiger partial charge in [0.1, 0.15) is 0 Å². The van der Waals surface area contributed by atoms with Gasteiger partial charge in [-0.3, -0.25) is 0 Å². The first-order chi connectivity index (χ1) is 8.59. The number of imidazole rings is 1. The smallest absolute Gasteiger partial charge is 0.257 e. The van der Waals surface area contributed by atoms with E-state index in [2.05, 4.69) is 14.7 Å². The molecule has 0 aliphatic carbocycles. The van der Waals surface area contributed by atoms with E-state index in [1.54, 1.807) is 0 Å². The van der Waals surface area contributed by atoms with Crippen molar-refractivity contribution in [3.63, 3.8) is 0 Å². The van der Waals surface area contributed by atoms with E-state index in [1.807, 2.05) is 30.3 Å². The van der Waals surface area contributed by atoms with Crippen molar-refractivity contribution in [2.45, 2.75) is 10.4 Å². The number of hydrogen-bond acceptors (Lipinski definition) is 3. The van der Waals surface area contributed by atoms with E-state index < -0.39 is 15.4 Å². The van der Waals surface area contributed by atoms with E-state index in [4.69, 9.17) is 11.6 Å². The van der Waals surface area contributed by atoms with E-state index >= 15 is 0 Å². The molecule has 0 bridgehead atoms. The highest BCUT2D eigenvalue weighted by molar-refractivity contribution is 7.89. The number of nitrogens with zero attached hydrogens (tertiary/aromatic N) is 1. The van der Waals surface area contributed by atoms with Crippen molar-refractivity contribution in [3.8, 4) is 0 Å². The van der Waals surface area contributed by atoms with Gasteiger partial charge in [0, 0.05) is 6.54 Å². The first-order valence-corrected chi connectivity index (χ1v) is 7.18. The summed E-state index contributed by atoms with van der Waals surface area (Å²) in [5.74, 6) is 0. The number of benzene rings is 1. The Balaban J connectivity index is 2.00. The number of rotatable bonds is 5. The molecule has 7 heteroatoms. The quantitative estimate of drug-likeness (QED) is 0.821. The van der Waals surface area contributed by atoms with Crippen LogP contribution in [0, 0.1) is 0 Å². The van der Waals surface area contributed by atoms with Gasteiger partial charge in [-0.2, -0.15) is 0 Å². The molecular formula is C11H12ClN3O2S. The number of halogens is 1. The second-order valence-corrected chi connectivity index (χ2v) is 5.91. The molecule has 0 amide bonds. The van der Waals surface area contributed by atoms with E-state index in [0.717, 1.165) is 5.56 Å². The van der Waals surface area contributed by atoms with Crippen molar-refractivity contribution in [1.82, 2.24) is 14.7 Å². The predicted molar refractivity (Wildman–Crippen MR) is 68.8 cm³/mol. The summed E-state index contributed by atoms with van der Waals surface area (Å²) in [6.07, 6.45) is 2.55. The fraction of sp³-hybridized carbons (Fsp3) is 0.182. The highest BCUT2D eigenvalue weighted by Gasteiger charge is 2.17. The van der Waals surface area contributed by atoms with Crippen LogP contribution < -0.4 is 4.72 Å². The minimum atomic E-state index is -3.57. The normalized spacial score (nSPS) is 13.4. The predicted octanol–water partition coefficient (Wildman–Crippen LogP) is 1.67. The lowest BCUT2D eigenvalue weighted by Crippen LogP contribution is -2.27. The van der Waals surface area contributed by atoms with Crippen LogP contribution in [0.1, 0.15) is 10.9 Å². The number of sulfonamides is 1. The molecule has 0 radical (unpaired) electrons. The third-order valence-corrected chi connectivity index (χ3v) is 4.13. The first-order valence-electron chi connectivity index (χ1n) is 5.26. The molecule has 1 aromatic carbocycles. The van der Waals surface area contributed by atoms with Crippen LogP contribution in [0.2, 0.25) is 0 Å².